The SMILES string of the molecule is Cc1nc(CC(C)C)c(NC(=O)N2CCC[C@]3(CCS(=O)(=O)C3)C2)s1. The molecule has 8 heteroatoms. The second kappa shape index (κ2) is 6.87. The fourth-order valence-electron chi connectivity index (χ4n) is 3.96. The molecule has 0 unspecified atom stereocenters. The van der Waals surface area contributed by atoms with Crippen molar-refractivity contribution >= 4 is 32.2 Å². The van der Waals surface area contributed by atoms with Crippen LogP contribution in [0.1, 0.15) is 43.8 Å². The number of rotatable bonds is 3. The molecule has 0 aromatic carbocycles. The fourth-order valence-corrected chi connectivity index (χ4v) is 6.99. The number of nitrogens with one attached hydrogen (secondary N) is 1. The van der Waals surface area contributed by atoms with E-state index in [1.54, 1.807) is 4.90 Å². The molecule has 2 saturated heterocycles. The third-order valence-corrected chi connectivity index (χ3v) is 7.85. The van der Waals surface area contributed by atoms with Crippen LogP contribution in [-0.4, -0.2) is 48.9 Å². The molecular formula is C17H27N3O3S2. The molecule has 1 atom stereocenters. The predicted octanol–water partition coefficient (Wildman–Crippen LogP) is 3.08. The maximum Gasteiger partial charge on any atom is 0.322 e. The number of nitrogens with zero attached hydrogens (tertiary/aromatic N) is 2. The third-order valence-electron chi connectivity index (χ3n) is 5.04. The van der Waals surface area contributed by atoms with E-state index in [0.717, 1.165) is 35.0 Å². The molecule has 0 bridgehead atoms. The van der Waals surface area contributed by atoms with E-state index in [4.69, 9.17) is 0 Å². The van der Waals surface area contributed by atoms with Gasteiger partial charge in [-0.05, 0) is 38.5 Å². The number of aromatic nitrogens is 1. The van der Waals surface area contributed by atoms with Crippen molar-refractivity contribution in [2.45, 2.75) is 46.5 Å². The number of anilines is 1. The highest BCUT2D eigenvalue weighted by molar-refractivity contribution is 7.91. The lowest BCUT2D eigenvalue weighted by molar-refractivity contribution is 0.130. The van der Waals surface area contributed by atoms with Crippen LogP contribution in [0.3, 0.4) is 0 Å². The lowest BCUT2D eigenvalue weighted by Crippen LogP contribution is -2.48. The van der Waals surface area contributed by atoms with Crippen molar-refractivity contribution < 1.29 is 13.2 Å². The Morgan fingerprint density at radius 2 is 2.16 bits per heavy atom. The smallest absolute Gasteiger partial charge is 0.322 e. The van der Waals surface area contributed by atoms with Crippen molar-refractivity contribution in [1.82, 2.24) is 9.88 Å². The van der Waals surface area contributed by atoms with Gasteiger partial charge in [0.25, 0.3) is 0 Å². The molecule has 2 aliphatic heterocycles. The zero-order chi connectivity index (χ0) is 18.2. The van der Waals surface area contributed by atoms with Crippen LogP contribution in [0, 0.1) is 18.3 Å². The van der Waals surface area contributed by atoms with Crippen LogP contribution in [0.4, 0.5) is 9.80 Å². The van der Waals surface area contributed by atoms with Gasteiger partial charge in [-0.15, -0.1) is 11.3 Å². The molecule has 2 aliphatic rings. The standard InChI is InChI=1S/C17H27N3O3S2/c1-12(2)9-14-15(24-13(3)18-14)19-16(21)20-7-4-5-17(10-20)6-8-25(22,23)11-17/h12H,4-11H2,1-3H3,(H,19,21)/t17-/m0/s1. The van der Waals surface area contributed by atoms with Crippen molar-refractivity contribution in [3.05, 3.63) is 10.7 Å². The lowest BCUT2D eigenvalue weighted by atomic mass is 9.80. The molecular weight excluding hydrogens is 358 g/mol. The Morgan fingerprint density at radius 1 is 1.40 bits per heavy atom. The second-order valence-electron chi connectivity index (χ2n) is 7.90. The average molecular weight is 386 g/mol. The number of sulfone groups is 1. The molecule has 1 spiro atoms. The minimum absolute atomic E-state index is 0.128. The highest BCUT2D eigenvalue weighted by Gasteiger charge is 2.45. The van der Waals surface area contributed by atoms with Crippen molar-refractivity contribution in [2.75, 3.05) is 29.9 Å². The summed E-state index contributed by atoms with van der Waals surface area (Å²) in [7, 11) is -2.95. The molecule has 0 radical (unpaired) electrons. The molecule has 140 valence electrons. The minimum Gasteiger partial charge on any atom is -0.324 e. The molecule has 1 aromatic heterocycles. The van der Waals surface area contributed by atoms with Gasteiger partial charge in [-0.25, -0.2) is 18.2 Å². The van der Waals surface area contributed by atoms with E-state index >= 15 is 0 Å². The Labute approximate surface area is 153 Å². The number of carbonyl (C=O) groups is 1. The summed E-state index contributed by atoms with van der Waals surface area (Å²) >= 11 is 1.51. The first-order chi connectivity index (χ1) is 11.7. The number of amides is 2. The van der Waals surface area contributed by atoms with E-state index in [0.29, 0.717) is 25.4 Å². The first kappa shape index (κ1) is 18.6. The van der Waals surface area contributed by atoms with Crippen LogP contribution in [0.5, 0.6) is 0 Å². The van der Waals surface area contributed by atoms with E-state index in [1.807, 2.05) is 6.92 Å². The quantitative estimate of drug-likeness (QED) is 0.867. The van der Waals surface area contributed by atoms with Crippen LogP contribution in [0.2, 0.25) is 0 Å². The van der Waals surface area contributed by atoms with Gasteiger partial charge >= 0.3 is 6.03 Å². The Bertz CT molecular complexity index is 757. The zero-order valence-corrected chi connectivity index (χ0v) is 16.8. The molecule has 3 rings (SSSR count). The molecule has 25 heavy (non-hydrogen) atoms. The topological polar surface area (TPSA) is 79.4 Å². The number of aryl methyl sites for hydroxylation is 1. The van der Waals surface area contributed by atoms with Gasteiger partial charge in [0.1, 0.15) is 5.00 Å². The summed E-state index contributed by atoms with van der Waals surface area (Å²) in [5.41, 5.74) is 0.708. The minimum atomic E-state index is -2.95. The van der Waals surface area contributed by atoms with E-state index in [-0.39, 0.29) is 23.0 Å². The van der Waals surface area contributed by atoms with Crippen molar-refractivity contribution in [2.24, 2.45) is 11.3 Å². The summed E-state index contributed by atoms with van der Waals surface area (Å²) in [6.07, 6.45) is 3.28. The van der Waals surface area contributed by atoms with Crippen LogP contribution in [-0.2, 0) is 16.3 Å². The van der Waals surface area contributed by atoms with Gasteiger partial charge in [-0.1, -0.05) is 13.8 Å². The number of carbonyl (C=O) groups excluding carboxylic acids is 1. The van der Waals surface area contributed by atoms with Gasteiger partial charge in [-0.2, -0.15) is 0 Å². The number of hydrogen-bond donors (Lipinski definition) is 1. The van der Waals surface area contributed by atoms with E-state index in [2.05, 4.69) is 24.1 Å². The highest BCUT2D eigenvalue weighted by atomic mass is 32.2. The first-order valence-corrected chi connectivity index (χ1v) is 11.5. The molecule has 6 nitrogen and oxygen atoms in total. The Hall–Kier alpha value is -1.15. The fraction of sp³-hybridized carbons (Fsp3) is 0.765. The highest BCUT2D eigenvalue weighted by Crippen LogP contribution is 2.40. The summed E-state index contributed by atoms with van der Waals surface area (Å²) < 4.78 is 23.8. The van der Waals surface area contributed by atoms with Crippen molar-refractivity contribution in [3.8, 4) is 0 Å². The molecule has 1 aromatic rings. The summed E-state index contributed by atoms with van der Waals surface area (Å²) in [6, 6.07) is -0.128. The van der Waals surface area contributed by atoms with Crippen molar-refractivity contribution in [1.29, 1.82) is 0 Å². The molecule has 0 aliphatic carbocycles. The van der Waals surface area contributed by atoms with Gasteiger partial charge < -0.3 is 4.90 Å². The largest absolute Gasteiger partial charge is 0.324 e. The van der Waals surface area contributed by atoms with Crippen LogP contribution in [0.25, 0.3) is 0 Å². The van der Waals surface area contributed by atoms with Gasteiger partial charge in [0.15, 0.2) is 9.84 Å². The van der Waals surface area contributed by atoms with Gasteiger partial charge in [0, 0.05) is 18.5 Å². The number of urea groups is 1. The number of likely N-dealkylation sites (tertiary alicyclic amines) is 1. The summed E-state index contributed by atoms with van der Waals surface area (Å²) in [5, 5.41) is 4.80. The van der Waals surface area contributed by atoms with Gasteiger partial charge in [-0.3, -0.25) is 5.32 Å². The maximum absolute atomic E-state index is 12.8. The summed E-state index contributed by atoms with van der Waals surface area (Å²) in [6.45, 7) is 7.44. The zero-order valence-electron chi connectivity index (χ0n) is 15.2. The predicted molar refractivity (Wildman–Crippen MR) is 101 cm³/mol. The van der Waals surface area contributed by atoms with E-state index in [1.165, 1.54) is 11.3 Å². The van der Waals surface area contributed by atoms with Crippen LogP contribution >= 0.6 is 11.3 Å². The molecule has 3 heterocycles. The first-order valence-electron chi connectivity index (χ1n) is 8.91. The number of thiazole rings is 1. The maximum atomic E-state index is 12.8. The van der Waals surface area contributed by atoms with Crippen molar-refractivity contribution in [3.63, 3.8) is 0 Å². The molecule has 0 saturated carbocycles. The lowest BCUT2D eigenvalue weighted by Gasteiger charge is -2.39. The monoisotopic (exact) mass is 385 g/mol. The van der Waals surface area contributed by atoms with E-state index < -0.39 is 9.84 Å². The normalized spacial score (nSPS) is 25.7. The van der Waals surface area contributed by atoms with Crippen LogP contribution < -0.4 is 5.32 Å². The molecule has 2 amide bonds. The van der Waals surface area contributed by atoms with Gasteiger partial charge in [0.05, 0.1) is 22.2 Å². The Kier molecular flexibility index (Phi) is 5.12. The summed E-state index contributed by atoms with van der Waals surface area (Å²) in [4.78, 5) is 19.1. The van der Waals surface area contributed by atoms with Gasteiger partial charge in [0.2, 0.25) is 0 Å². The number of piperidine rings is 1. The Balaban J connectivity index is 1.70. The average Bonchev–Trinajstić information content (AvgIpc) is 2.98. The molecule has 1 N–H and O–H groups in total. The number of hydrogen-bond acceptors (Lipinski definition) is 5. The summed E-state index contributed by atoms with van der Waals surface area (Å²) in [5.74, 6) is 0.955. The van der Waals surface area contributed by atoms with E-state index in [9.17, 15) is 13.2 Å². The third kappa shape index (κ3) is 4.34. The Morgan fingerprint density at radius 3 is 2.80 bits per heavy atom. The second-order valence-corrected chi connectivity index (χ2v) is 11.3. The van der Waals surface area contributed by atoms with Crippen LogP contribution in [0.15, 0.2) is 0 Å². The molecule has 2 fully saturated rings.